The summed E-state index contributed by atoms with van der Waals surface area (Å²) in [7, 11) is 0. The van der Waals surface area contributed by atoms with Gasteiger partial charge in [-0.1, -0.05) is 0 Å². The zero-order valence-electron chi connectivity index (χ0n) is 13.6. The number of hydrogen-bond acceptors (Lipinski definition) is 3. The number of benzene rings is 2. The van der Waals surface area contributed by atoms with Gasteiger partial charge in [0.25, 0.3) is 5.91 Å². The Balaban J connectivity index is 1.87. The van der Waals surface area contributed by atoms with Crippen molar-refractivity contribution in [1.29, 1.82) is 0 Å². The molecule has 0 spiro atoms. The first-order valence-electron chi connectivity index (χ1n) is 7.56. The number of hydrogen-bond donors (Lipinski definition) is 2. The van der Waals surface area contributed by atoms with Crippen LogP contribution in [0.2, 0.25) is 0 Å². The summed E-state index contributed by atoms with van der Waals surface area (Å²) in [4.78, 5) is 23.9. The zero-order chi connectivity index (χ0) is 17.5. The van der Waals surface area contributed by atoms with Gasteiger partial charge < -0.3 is 15.4 Å². The van der Waals surface area contributed by atoms with Crippen LogP contribution in [0.5, 0.6) is 5.75 Å². The molecule has 2 aromatic rings. The minimum Gasteiger partial charge on any atom is -0.494 e. The summed E-state index contributed by atoms with van der Waals surface area (Å²) < 4.78 is 18.3. The van der Waals surface area contributed by atoms with Crippen molar-refractivity contribution in [2.24, 2.45) is 0 Å². The molecule has 0 aliphatic heterocycles. The topological polar surface area (TPSA) is 67.4 Å². The van der Waals surface area contributed by atoms with Gasteiger partial charge in [-0.25, -0.2) is 4.39 Å². The molecular formula is C18H19FN2O3. The van der Waals surface area contributed by atoms with E-state index in [1.165, 1.54) is 18.2 Å². The summed E-state index contributed by atoms with van der Waals surface area (Å²) in [6.45, 7) is 3.94. The lowest BCUT2D eigenvalue weighted by Gasteiger charge is -2.09. The van der Waals surface area contributed by atoms with Crippen LogP contribution in [-0.4, -0.2) is 25.0 Å². The molecule has 0 unspecified atom stereocenters. The molecule has 0 heterocycles. The molecule has 126 valence electrons. The minimum absolute atomic E-state index is 0.178. The quantitative estimate of drug-likeness (QED) is 0.856. The third-order valence-corrected chi connectivity index (χ3v) is 3.30. The van der Waals surface area contributed by atoms with Gasteiger partial charge in [-0.3, -0.25) is 9.59 Å². The fourth-order valence-corrected chi connectivity index (χ4v) is 2.09. The molecule has 6 heteroatoms. The van der Waals surface area contributed by atoms with Gasteiger partial charge in [0.15, 0.2) is 0 Å². The predicted molar refractivity (Wildman–Crippen MR) is 89.7 cm³/mol. The van der Waals surface area contributed by atoms with Crippen LogP contribution >= 0.6 is 0 Å². The van der Waals surface area contributed by atoms with E-state index in [1.807, 2.05) is 6.92 Å². The van der Waals surface area contributed by atoms with Crippen molar-refractivity contribution in [3.8, 4) is 5.75 Å². The van der Waals surface area contributed by atoms with Crippen molar-refractivity contribution in [2.45, 2.75) is 13.8 Å². The van der Waals surface area contributed by atoms with Gasteiger partial charge in [0.1, 0.15) is 11.6 Å². The van der Waals surface area contributed by atoms with Crippen molar-refractivity contribution in [2.75, 3.05) is 18.5 Å². The third-order valence-electron chi connectivity index (χ3n) is 3.30. The van der Waals surface area contributed by atoms with Crippen LogP contribution in [0.15, 0.2) is 42.5 Å². The van der Waals surface area contributed by atoms with Crippen LogP contribution in [0.3, 0.4) is 0 Å². The Hall–Kier alpha value is -2.89. The Morgan fingerprint density at radius 3 is 2.46 bits per heavy atom. The normalized spacial score (nSPS) is 10.1. The van der Waals surface area contributed by atoms with Gasteiger partial charge >= 0.3 is 0 Å². The molecule has 0 radical (unpaired) electrons. The van der Waals surface area contributed by atoms with Gasteiger partial charge in [0.2, 0.25) is 5.91 Å². The SMILES string of the molecule is CCOc1ccc(C(=O)NCC(=O)Nc2ccc(F)cc2C)cc1. The van der Waals surface area contributed by atoms with Gasteiger partial charge in [-0.15, -0.1) is 0 Å². The summed E-state index contributed by atoms with van der Waals surface area (Å²) in [5, 5.41) is 5.17. The number of aryl methyl sites for hydroxylation is 1. The van der Waals surface area contributed by atoms with Crippen LogP contribution in [0.25, 0.3) is 0 Å². The lowest BCUT2D eigenvalue weighted by atomic mass is 10.2. The molecule has 2 amide bonds. The molecule has 0 saturated heterocycles. The maximum Gasteiger partial charge on any atom is 0.251 e. The van der Waals surface area contributed by atoms with Crippen molar-refractivity contribution in [3.63, 3.8) is 0 Å². The Morgan fingerprint density at radius 2 is 1.83 bits per heavy atom. The fourth-order valence-electron chi connectivity index (χ4n) is 2.09. The first kappa shape index (κ1) is 17.5. The van der Waals surface area contributed by atoms with Crippen LogP contribution in [0.4, 0.5) is 10.1 Å². The number of ether oxygens (including phenoxy) is 1. The summed E-state index contributed by atoms with van der Waals surface area (Å²) >= 11 is 0. The Bertz CT molecular complexity index is 730. The number of anilines is 1. The number of carbonyl (C=O) groups excluding carboxylic acids is 2. The van der Waals surface area contributed by atoms with E-state index in [2.05, 4.69) is 10.6 Å². The lowest BCUT2D eigenvalue weighted by Crippen LogP contribution is -2.33. The number of carbonyl (C=O) groups is 2. The van der Waals surface area contributed by atoms with E-state index in [4.69, 9.17) is 4.74 Å². The molecule has 0 saturated carbocycles. The number of halogens is 1. The zero-order valence-corrected chi connectivity index (χ0v) is 13.6. The molecule has 0 aliphatic carbocycles. The second-order valence-electron chi connectivity index (χ2n) is 5.15. The standard InChI is InChI=1S/C18H19FN2O3/c1-3-24-15-7-4-13(5-8-15)18(23)20-11-17(22)21-16-9-6-14(19)10-12(16)2/h4-10H,3,11H2,1-2H3,(H,20,23)(H,21,22). The molecule has 0 bridgehead atoms. The first-order valence-corrected chi connectivity index (χ1v) is 7.56. The highest BCUT2D eigenvalue weighted by atomic mass is 19.1. The number of rotatable bonds is 6. The molecule has 2 N–H and O–H groups in total. The second-order valence-corrected chi connectivity index (χ2v) is 5.15. The lowest BCUT2D eigenvalue weighted by molar-refractivity contribution is -0.115. The maximum absolute atomic E-state index is 13.0. The number of nitrogens with one attached hydrogen (secondary N) is 2. The van der Waals surface area contributed by atoms with Crippen LogP contribution < -0.4 is 15.4 Å². The summed E-state index contributed by atoms with van der Waals surface area (Å²) in [5.74, 6) is -0.430. The highest BCUT2D eigenvalue weighted by Crippen LogP contribution is 2.15. The van der Waals surface area contributed by atoms with Gasteiger partial charge in [-0.05, 0) is 61.9 Å². The van der Waals surface area contributed by atoms with E-state index in [1.54, 1.807) is 31.2 Å². The van der Waals surface area contributed by atoms with Crippen molar-refractivity contribution >= 4 is 17.5 Å². The molecule has 5 nitrogen and oxygen atoms in total. The molecule has 24 heavy (non-hydrogen) atoms. The van der Waals surface area contributed by atoms with Crippen LogP contribution in [0, 0.1) is 12.7 Å². The predicted octanol–water partition coefficient (Wildman–Crippen LogP) is 2.90. The molecule has 0 fully saturated rings. The first-order chi connectivity index (χ1) is 11.5. The smallest absolute Gasteiger partial charge is 0.251 e. The van der Waals surface area contributed by atoms with Crippen LogP contribution in [0.1, 0.15) is 22.8 Å². The third kappa shape index (κ3) is 4.81. The van der Waals surface area contributed by atoms with Gasteiger partial charge in [0, 0.05) is 11.3 Å². The Labute approximate surface area is 139 Å². The molecule has 0 aliphatic rings. The van der Waals surface area contributed by atoms with E-state index >= 15 is 0 Å². The Kier molecular flexibility index (Phi) is 5.89. The highest BCUT2D eigenvalue weighted by Gasteiger charge is 2.09. The summed E-state index contributed by atoms with van der Waals surface area (Å²) in [6.07, 6.45) is 0. The average molecular weight is 330 g/mol. The van der Waals surface area contributed by atoms with Gasteiger partial charge in [0.05, 0.1) is 13.2 Å². The summed E-state index contributed by atoms with van der Waals surface area (Å²) in [5.41, 5.74) is 1.56. The second kappa shape index (κ2) is 8.10. The van der Waals surface area contributed by atoms with E-state index in [-0.39, 0.29) is 24.2 Å². The number of amides is 2. The average Bonchev–Trinajstić information content (AvgIpc) is 2.56. The molecular weight excluding hydrogens is 311 g/mol. The largest absolute Gasteiger partial charge is 0.494 e. The Morgan fingerprint density at radius 1 is 1.12 bits per heavy atom. The molecule has 2 aromatic carbocycles. The van der Waals surface area contributed by atoms with Gasteiger partial charge in [-0.2, -0.15) is 0 Å². The molecule has 2 rings (SSSR count). The van der Waals surface area contributed by atoms with Crippen molar-refractivity contribution in [3.05, 3.63) is 59.4 Å². The minimum atomic E-state index is -0.385. The van der Waals surface area contributed by atoms with E-state index in [0.29, 0.717) is 29.2 Å². The molecule has 0 aromatic heterocycles. The van der Waals surface area contributed by atoms with E-state index < -0.39 is 0 Å². The molecule has 0 atom stereocenters. The maximum atomic E-state index is 13.0. The van der Waals surface area contributed by atoms with Crippen molar-refractivity contribution < 1.29 is 18.7 Å². The summed E-state index contributed by atoms with van der Waals surface area (Å²) in [6, 6.07) is 10.7. The highest BCUT2D eigenvalue weighted by molar-refractivity contribution is 5.99. The van der Waals surface area contributed by atoms with E-state index in [9.17, 15) is 14.0 Å². The van der Waals surface area contributed by atoms with Crippen molar-refractivity contribution in [1.82, 2.24) is 5.32 Å². The van der Waals surface area contributed by atoms with Crippen LogP contribution in [-0.2, 0) is 4.79 Å². The fraction of sp³-hybridized carbons (Fsp3) is 0.222. The van der Waals surface area contributed by atoms with E-state index in [0.717, 1.165) is 0 Å². The monoisotopic (exact) mass is 330 g/mol.